The zero-order valence-corrected chi connectivity index (χ0v) is 16.4. The van der Waals surface area contributed by atoms with Crippen molar-refractivity contribution in [2.24, 2.45) is 0 Å². The highest BCUT2D eigenvalue weighted by atomic mass is 16.1. The van der Waals surface area contributed by atoms with Crippen molar-refractivity contribution >= 4 is 5.78 Å². The van der Waals surface area contributed by atoms with Crippen LogP contribution in [-0.2, 0) is 4.79 Å². The summed E-state index contributed by atoms with van der Waals surface area (Å²) in [5, 5.41) is 0. The van der Waals surface area contributed by atoms with E-state index >= 15 is 0 Å². The molecule has 0 heterocycles. The summed E-state index contributed by atoms with van der Waals surface area (Å²) in [6.45, 7) is 16.1. The van der Waals surface area contributed by atoms with Crippen LogP contribution in [0.2, 0.25) is 0 Å². The van der Waals surface area contributed by atoms with Gasteiger partial charge in [0.1, 0.15) is 5.78 Å². The SMILES string of the molecule is C.C=C(C)CC/C=C/CCC=C(C)C.CC/C(C)=C/CCC(C)=O. The van der Waals surface area contributed by atoms with Gasteiger partial charge >= 0.3 is 0 Å². The number of hydrogen-bond donors (Lipinski definition) is 0. The van der Waals surface area contributed by atoms with E-state index in [1.807, 2.05) is 0 Å². The molecular weight excluding hydrogens is 292 g/mol. The number of carbonyl (C=O) groups excluding carboxylic acids is 1. The highest BCUT2D eigenvalue weighted by Crippen LogP contribution is 2.03. The molecule has 24 heavy (non-hydrogen) atoms. The van der Waals surface area contributed by atoms with Gasteiger partial charge in [-0.2, -0.15) is 0 Å². The van der Waals surface area contributed by atoms with E-state index in [-0.39, 0.29) is 13.2 Å². The van der Waals surface area contributed by atoms with Crippen LogP contribution in [0.5, 0.6) is 0 Å². The molecule has 0 fully saturated rings. The third kappa shape index (κ3) is 28.7. The monoisotopic (exact) mass is 334 g/mol. The Kier molecular flexibility index (Phi) is 22.5. The third-order valence-electron chi connectivity index (χ3n) is 3.34. The summed E-state index contributed by atoms with van der Waals surface area (Å²) >= 11 is 0. The van der Waals surface area contributed by atoms with Gasteiger partial charge in [0.2, 0.25) is 0 Å². The summed E-state index contributed by atoms with van der Waals surface area (Å²) in [6, 6.07) is 0. The topological polar surface area (TPSA) is 17.1 Å². The normalized spacial score (nSPS) is 10.5. The van der Waals surface area contributed by atoms with Crippen molar-refractivity contribution in [2.75, 3.05) is 0 Å². The maximum atomic E-state index is 10.5. The van der Waals surface area contributed by atoms with Gasteiger partial charge in [0.15, 0.2) is 0 Å². The molecule has 0 N–H and O–H groups in total. The Balaban J connectivity index is -0.000000364. The van der Waals surface area contributed by atoms with Crippen LogP contribution in [0, 0.1) is 0 Å². The molecule has 0 saturated carbocycles. The molecule has 0 amide bonds. The van der Waals surface area contributed by atoms with Crippen LogP contribution in [0.4, 0.5) is 0 Å². The first kappa shape index (κ1) is 27.5. The second-order valence-corrected chi connectivity index (χ2v) is 6.47. The van der Waals surface area contributed by atoms with Crippen LogP contribution in [0.1, 0.15) is 93.9 Å². The Morgan fingerprint density at radius 1 is 0.833 bits per heavy atom. The van der Waals surface area contributed by atoms with Gasteiger partial charge in [0, 0.05) is 6.42 Å². The Bertz CT molecular complexity index is 404. The number of rotatable bonds is 10. The van der Waals surface area contributed by atoms with Crippen LogP contribution in [0.15, 0.2) is 47.6 Å². The van der Waals surface area contributed by atoms with Crippen molar-refractivity contribution in [3.63, 3.8) is 0 Å². The van der Waals surface area contributed by atoms with E-state index < -0.39 is 0 Å². The van der Waals surface area contributed by atoms with Gasteiger partial charge in [0.25, 0.3) is 0 Å². The maximum absolute atomic E-state index is 10.5. The lowest BCUT2D eigenvalue weighted by Gasteiger charge is -1.93. The quantitative estimate of drug-likeness (QED) is 0.292. The summed E-state index contributed by atoms with van der Waals surface area (Å²) in [6.07, 6.45) is 16.3. The number of ketones is 1. The van der Waals surface area contributed by atoms with Crippen LogP contribution in [-0.4, -0.2) is 5.78 Å². The van der Waals surface area contributed by atoms with E-state index in [9.17, 15) is 4.79 Å². The average molecular weight is 335 g/mol. The van der Waals surface area contributed by atoms with Crippen molar-refractivity contribution in [1.82, 2.24) is 0 Å². The lowest BCUT2D eigenvalue weighted by molar-refractivity contribution is -0.116. The first-order valence-electron chi connectivity index (χ1n) is 8.87. The molecule has 0 aromatic heterocycles. The number of carbonyl (C=O) groups is 1. The van der Waals surface area contributed by atoms with Crippen molar-refractivity contribution in [3.8, 4) is 0 Å². The summed E-state index contributed by atoms with van der Waals surface area (Å²) in [5.74, 6) is 0.278. The largest absolute Gasteiger partial charge is 0.300 e. The van der Waals surface area contributed by atoms with Crippen LogP contribution >= 0.6 is 0 Å². The van der Waals surface area contributed by atoms with Crippen LogP contribution in [0.25, 0.3) is 0 Å². The fraction of sp³-hybridized carbons (Fsp3) is 0.609. The van der Waals surface area contributed by atoms with Gasteiger partial charge < -0.3 is 4.79 Å². The van der Waals surface area contributed by atoms with Gasteiger partial charge in [0.05, 0.1) is 0 Å². The zero-order valence-electron chi connectivity index (χ0n) is 16.4. The highest BCUT2D eigenvalue weighted by Gasteiger charge is 1.89. The Hall–Kier alpha value is -1.37. The Morgan fingerprint density at radius 3 is 1.88 bits per heavy atom. The zero-order chi connectivity index (χ0) is 18.1. The minimum Gasteiger partial charge on any atom is -0.300 e. The fourth-order valence-electron chi connectivity index (χ4n) is 1.70. The first-order chi connectivity index (χ1) is 10.8. The smallest absolute Gasteiger partial charge is 0.130 e. The molecule has 0 atom stereocenters. The Morgan fingerprint density at radius 2 is 1.42 bits per heavy atom. The van der Waals surface area contributed by atoms with Crippen LogP contribution < -0.4 is 0 Å². The highest BCUT2D eigenvalue weighted by molar-refractivity contribution is 5.75. The van der Waals surface area contributed by atoms with Gasteiger partial charge in [-0.15, -0.1) is 6.58 Å². The number of hydrogen-bond acceptors (Lipinski definition) is 1. The summed E-state index contributed by atoms with van der Waals surface area (Å²) in [7, 11) is 0. The van der Waals surface area contributed by atoms with Crippen molar-refractivity contribution in [2.45, 2.75) is 93.9 Å². The van der Waals surface area contributed by atoms with E-state index in [4.69, 9.17) is 0 Å². The third-order valence-corrected chi connectivity index (χ3v) is 3.34. The number of Topliss-reactive ketones (excluding diaryl/α,β-unsaturated/α-hetero) is 1. The number of unbranched alkanes of at least 4 members (excludes halogenated alkanes) is 1. The van der Waals surface area contributed by atoms with Gasteiger partial charge in [-0.1, -0.05) is 55.4 Å². The molecule has 0 spiro atoms. The van der Waals surface area contributed by atoms with Gasteiger partial charge in [-0.25, -0.2) is 0 Å². The lowest BCUT2D eigenvalue weighted by atomic mass is 10.1. The molecule has 1 heteroatoms. The lowest BCUT2D eigenvalue weighted by Crippen LogP contribution is -1.87. The maximum Gasteiger partial charge on any atom is 0.130 e. The molecule has 140 valence electrons. The minimum atomic E-state index is 0. The molecule has 0 unspecified atom stereocenters. The predicted molar refractivity (Wildman–Crippen MR) is 113 cm³/mol. The molecule has 0 bridgehead atoms. The van der Waals surface area contributed by atoms with Crippen molar-refractivity contribution < 1.29 is 4.79 Å². The Labute approximate surface area is 152 Å². The summed E-state index contributed by atoms with van der Waals surface area (Å²) < 4.78 is 0. The molecule has 0 aliphatic carbocycles. The van der Waals surface area contributed by atoms with E-state index in [0.29, 0.717) is 6.42 Å². The molecule has 0 rings (SSSR count). The van der Waals surface area contributed by atoms with E-state index in [2.05, 4.69) is 65.5 Å². The second kappa shape index (κ2) is 19.7. The molecule has 0 aromatic rings. The second-order valence-electron chi connectivity index (χ2n) is 6.47. The molecular formula is C23H42O. The van der Waals surface area contributed by atoms with Crippen molar-refractivity contribution in [3.05, 3.63) is 47.6 Å². The molecule has 0 aliphatic heterocycles. The fourth-order valence-corrected chi connectivity index (χ4v) is 1.70. The standard InChI is InChI=1S/C13H22.C9H16O.CH4/c1-12(2)10-8-6-5-7-9-11-13(3)4;1-4-8(2)6-5-7-9(3)10;/h5-6,11H,1,7-10H2,2-4H3;6H,4-5,7H2,1-3H3;1H4/b6-5+;8-6+;. The summed E-state index contributed by atoms with van der Waals surface area (Å²) in [5.41, 5.74) is 4.06. The van der Waals surface area contributed by atoms with E-state index in [1.54, 1.807) is 6.92 Å². The number of allylic oxidation sites excluding steroid dienone is 7. The first-order valence-corrected chi connectivity index (χ1v) is 8.87. The summed E-state index contributed by atoms with van der Waals surface area (Å²) in [4.78, 5) is 10.5. The minimum absolute atomic E-state index is 0. The molecule has 0 radical (unpaired) electrons. The van der Waals surface area contributed by atoms with Crippen molar-refractivity contribution in [1.29, 1.82) is 0 Å². The van der Waals surface area contributed by atoms with Gasteiger partial charge in [-0.3, -0.25) is 0 Å². The van der Waals surface area contributed by atoms with Gasteiger partial charge in [-0.05, 0) is 73.1 Å². The van der Waals surface area contributed by atoms with Crippen LogP contribution in [0.3, 0.4) is 0 Å². The predicted octanol–water partition coefficient (Wildman–Crippen LogP) is 7.99. The average Bonchev–Trinajstić information content (AvgIpc) is 2.45. The van der Waals surface area contributed by atoms with E-state index in [1.165, 1.54) is 29.6 Å². The molecule has 1 nitrogen and oxygen atoms in total. The molecule has 0 saturated heterocycles. The van der Waals surface area contributed by atoms with E-state index in [0.717, 1.165) is 25.7 Å². The molecule has 0 aromatic carbocycles. The molecule has 0 aliphatic rings.